The Morgan fingerprint density at radius 2 is 2.21 bits per heavy atom. The number of aryl methyl sites for hydroxylation is 1. The molecule has 2 atom stereocenters. The molecule has 0 saturated carbocycles. The fourth-order valence-corrected chi connectivity index (χ4v) is 3.10. The highest BCUT2D eigenvalue weighted by molar-refractivity contribution is 5.06. The van der Waals surface area contributed by atoms with Crippen LogP contribution < -0.4 is 0 Å². The first kappa shape index (κ1) is 13.0. The van der Waals surface area contributed by atoms with E-state index in [4.69, 9.17) is 4.74 Å². The van der Waals surface area contributed by atoms with Crippen LogP contribution in [0.2, 0.25) is 0 Å². The fraction of sp³-hybridized carbons (Fsp3) is 0.714. The van der Waals surface area contributed by atoms with Crippen LogP contribution in [0.25, 0.3) is 0 Å². The molecule has 2 fully saturated rings. The van der Waals surface area contributed by atoms with Crippen LogP contribution in [-0.2, 0) is 11.3 Å². The fourth-order valence-electron chi connectivity index (χ4n) is 3.10. The molecule has 19 heavy (non-hydrogen) atoms. The van der Waals surface area contributed by atoms with E-state index in [1.165, 1.54) is 0 Å². The van der Waals surface area contributed by atoms with E-state index in [-0.39, 0.29) is 11.7 Å². The van der Waals surface area contributed by atoms with Gasteiger partial charge in [-0.25, -0.2) is 9.97 Å². The van der Waals surface area contributed by atoms with Gasteiger partial charge in [0.25, 0.3) is 0 Å². The number of β-amino-alcohol motifs (C(OH)–C–C–N with tert-alkyl or cyclic N) is 1. The Balaban J connectivity index is 1.61. The molecule has 0 aromatic carbocycles. The van der Waals surface area contributed by atoms with Gasteiger partial charge in [-0.2, -0.15) is 0 Å². The van der Waals surface area contributed by atoms with Crippen molar-refractivity contribution in [2.24, 2.45) is 0 Å². The van der Waals surface area contributed by atoms with Crippen LogP contribution in [0.3, 0.4) is 0 Å². The summed E-state index contributed by atoms with van der Waals surface area (Å²) in [5.74, 6) is 0.792. The highest BCUT2D eigenvalue weighted by atomic mass is 16.5. The summed E-state index contributed by atoms with van der Waals surface area (Å²) in [5.41, 5.74) is 0.835. The van der Waals surface area contributed by atoms with Gasteiger partial charge in [0, 0.05) is 44.2 Å². The second-order valence-electron chi connectivity index (χ2n) is 5.66. The second kappa shape index (κ2) is 5.15. The Bertz CT molecular complexity index is 429. The van der Waals surface area contributed by atoms with Crippen molar-refractivity contribution >= 4 is 0 Å². The van der Waals surface area contributed by atoms with Crippen LogP contribution in [0, 0.1) is 6.92 Å². The zero-order valence-corrected chi connectivity index (χ0v) is 11.4. The number of rotatable bonds is 2. The SMILES string of the molecule is Cc1ncc(CN2CC[C@@]3(CCCO3)[C@@H](O)C2)cn1. The molecule has 5 heteroatoms. The molecule has 0 amide bonds. The monoisotopic (exact) mass is 263 g/mol. The van der Waals surface area contributed by atoms with Crippen LogP contribution in [-0.4, -0.2) is 51.4 Å². The van der Waals surface area contributed by atoms with Gasteiger partial charge in [0.15, 0.2) is 0 Å². The number of aliphatic hydroxyl groups is 1. The third-order valence-electron chi connectivity index (χ3n) is 4.26. The number of hydrogen-bond donors (Lipinski definition) is 1. The van der Waals surface area contributed by atoms with Crippen molar-refractivity contribution in [2.75, 3.05) is 19.7 Å². The number of hydrogen-bond acceptors (Lipinski definition) is 5. The maximum Gasteiger partial charge on any atom is 0.125 e. The van der Waals surface area contributed by atoms with Crippen LogP contribution >= 0.6 is 0 Å². The van der Waals surface area contributed by atoms with Gasteiger partial charge in [0.05, 0.1) is 11.7 Å². The summed E-state index contributed by atoms with van der Waals surface area (Å²) >= 11 is 0. The normalized spacial score (nSPS) is 32.0. The minimum absolute atomic E-state index is 0.264. The Kier molecular flexibility index (Phi) is 3.52. The first-order valence-electron chi connectivity index (χ1n) is 7.00. The average Bonchev–Trinajstić information content (AvgIpc) is 2.87. The number of ether oxygens (including phenoxy) is 1. The van der Waals surface area contributed by atoms with E-state index in [0.29, 0.717) is 6.54 Å². The molecule has 1 N–H and O–H groups in total. The summed E-state index contributed by atoms with van der Waals surface area (Å²) in [6.45, 7) is 5.12. The van der Waals surface area contributed by atoms with Gasteiger partial charge in [-0.15, -0.1) is 0 Å². The van der Waals surface area contributed by atoms with Gasteiger partial charge >= 0.3 is 0 Å². The molecule has 3 heterocycles. The summed E-state index contributed by atoms with van der Waals surface area (Å²) in [6, 6.07) is 0. The molecule has 3 rings (SSSR count). The lowest BCUT2D eigenvalue weighted by Gasteiger charge is -2.42. The van der Waals surface area contributed by atoms with E-state index in [1.54, 1.807) is 0 Å². The first-order chi connectivity index (χ1) is 9.18. The largest absolute Gasteiger partial charge is 0.389 e. The standard InChI is InChI=1S/C14H21N3O2/c1-11-15-7-12(8-16-11)9-17-5-4-14(13(18)10-17)3-2-6-19-14/h7-8,13,18H,2-6,9-10H2,1H3/t13-,14-/m0/s1. The van der Waals surface area contributed by atoms with Gasteiger partial charge < -0.3 is 9.84 Å². The summed E-state index contributed by atoms with van der Waals surface area (Å²) < 4.78 is 5.81. The second-order valence-corrected chi connectivity index (χ2v) is 5.66. The molecule has 1 spiro atoms. The smallest absolute Gasteiger partial charge is 0.125 e. The molecule has 2 saturated heterocycles. The van der Waals surface area contributed by atoms with Crippen molar-refractivity contribution in [3.05, 3.63) is 23.8 Å². The van der Waals surface area contributed by atoms with Crippen molar-refractivity contribution in [1.29, 1.82) is 0 Å². The third-order valence-corrected chi connectivity index (χ3v) is 4.26. The van der Waals surface area contributed by atoms with Crippen molar-refractivity contribution < 1.29 is 9.84 Å². The van der Waals surface area contributed by atoms with Crippen LogP contribution in [0.1, 0.15) is 30.7 Å². The van der Waals surface area contributed by atoms with Crippen LogP contribution in [0.4, 0.5) is 0 Å². The zero-order chi connectivity index (χ0) is 13.3. The molecule has 1 aromatic heterocycles. The number of likely N-dealkylation sites (tertiary alicyclic amines) is 1. The Morgan fingerprint density at radius 1 is 1.42 bits per heavy atom. The molecule has 0 aliphatic carbocycles. The lowest BCUT2D eigenvalue weighted by Crippen LogP contribution is -2.54. The number of aliphatic hydroxyl groups excluding tert-OH is 1. The molecule has 5 nitrogen and oxygen atoms in total. The predicted octanol–water partition coefficient (Wildman–Crippen LogP) is 0.901. The van der Waals surface area contributed by atoms with Gasteiger partial charge in [0.1, 0.15) is 5.82 Å². The van der Waals surface area contributed by atoms with Crippen molar-refractivity contribution in [1.82, 2.24) is 14.9 Å². The van der Waals surface area contributed by atoms with Gasteiger partial charge in [-0.05, 0) is 26.2 Å². The first-order valence-corrected chi connectivity index (χ1v) is 7.00. The molecular weight excluding hydrogens is 242 g/mol. The van der Waals surface area contributed by atoms with Crippen molar-refractivity contribution in [2.45, 2.75) is 44.4 Å². The molecule has 1 aromatic rings. The van der Waals surface area contributed by atoms with E-state index in [9.17, 15) is 5.11 Å². The number of nitrogens with zero attached hydrogens (tertiary/aromatic N) is 3. The van der Waals surface area contributed by atoms with Gasteiger partial charge in [-0.1, -0.05) is 0 Å². The van der Waals surface area contributed by atoms with E-state index in [1.807, 2.05) is 19.3 Å². The number of aromatic nitrogens is 2. The van der Waals surface area contributed by atoms with Crippen LogP contribution in [0.5, 0.6) is 0 Å². The van der Waals surface area contributed by atoms with Crippen molar-refractivity contribution in [3.63, 3.8) is 0 Å². The molecule has 2 aliphatic rings. The van der Waals surface area contributed by atoms with Crippen LogP contribution in [0.15, 0.2) is 12.4 Å². The topological polar surface area (TPSA) is 58.5 Å². The highest BCUT2D eigenvalue weighted by Gasteiger charge is 2.45. The Labute approximate surface area is 113 Å². The Morgan fingerprint density at radius 3 is 2.84 bits per heavy atom. The minimum atomic E-state index is -0.380. The zero-order valence-electron chi connectivity index (χ0n) is 11.4. The van der Waals surface area contributed by atoms with E-state index in [0.717, 1.165) is 50.3 Å². The lowest BCUT2D eigenvalue weighted by atomic mass is 9.86. The lowest BCUT2D eigenvalue weighted by molar-refractivity contribution is -0.130. The molecule has 0 bridgehead atoms. The van der Waals surface area contributed by atoms with E-state index < -0.39 is 0 Å². The van der Waals surface area contributed by atoms with E-state index in [2.05, 4.69) is 14.9 Å². The summed E-state index contributed by atoms with van der Waals surface area (Å²) in [5, 5.41) is 10.4. The Hall–Kier alpha value is -1.04. The maximum atomic E-state index is 10.4. The molecule has 0 radical (unpaired) electrons. The van der Waals surface area contributed by atoms with Crippen molar-refractivity contribution in [3.8, 4) is 0 Å². The summed E-state index contributed by atoms with van der Waals surface area (Å²) in [6.07, 6.45) is 6.34. The average molecular weight is 263 g/mol. The molecule has 104 valence electrons. The maximum absolute atomic E-state index is 10.4. The highest BCUT2D eigenvalue weighted by Crippen LogP contribution is 2.36. The molecular formula is C14H21N3O2. The molecule has 0 unspecified atom stereocenters. The third kappa shape index (κ3) is 2.63. The van der Waals surface area contributed by atoms with Gasteiger partial charge in [0.2, 0.25) is 0 Å². The number of piperidine rings is 1. The minimum Gasteiger partial charge on any atom is -0.389 e. The molecule has 2 aliphatic heterocycles. The van der Waals surface area contributed by atoms with E-state index >= 15 is 0 Å². The quantitative estimate of drug-likeness (QED) is 0.859. The predicted molar refractivity (Wildman–Crippen MR) is 70.6 cm³/mol. The summed E-state index contributed by atoms with van der Waals surface area (Å²) in [4.78, 5) is 10.7. The summed E-state index contributed by atoms with van der Waals surface area (Å²) in [7, 11) is 0. The van der Waals surface area contributed by atoms with Gasteiger partial charge in [-0.3, -0.25) is 4.90 Å².